The molecule has 11 heteroatoms. The first kappa shape index (κ1) is 55.3. The third kappa shape index (κ3) is 27.8. The number of aliphatic hydroxyl groups is 7. The van der Waals surface area contributed by atoms with Gasteiger partial charge in [0.05, 0.1) is 25.4 Å². The van der Waals surface area contributed by atoms with Crippen LogP contribution < -0.4 is 5.32 Å². The molecule has 1 amide bonds. The molecule has 0 aromatic heterocycles. The van der Waals surface area contributed by atoms with E-state index in [2.05, 4.69) is 55.6 Å². The maximum atomic E-state index is 13.1. The molecule has 9 atom stereocenters. The van der Waals surface area contributed by atoms with Crippen LogP contribution in [0.4, 0.5) is 0 Å². The third-order valence-corrected chi connectivity index (χ3v) is 11.4. The van der Waals surface area contributed by atoms with Crippen LogP contribution in [0.3, 0.4) is 0 Å². The van der Waals surface area contributed by atoms with E-state index in [0.717, 1.165) is 44.9 Å². The maximum Gasteiger partial charge on any atom is 0.249 e. The summed E-state index contributed by atoms with van der Waals surface area (Å²) >= 11 is 0. The average molecular weight is 840 g/mol. The maximum absolute atomic E-state index is 13.1. The number of rotatable bonds is 39. The second-order valence-corrected chi connectivity index (χ2v) is 16.8. The molecule has 1 saturated heterocycles. The number of hydrogen-bond acceptors (Lipinski definition) is 10. The van der Waals surface area contributed by atoms with Crippen molar-refractivity contribution in [2.45, 2.75) is 249 Å². The van der Waals surface area contributed by atoms with E-state index < -0.39 is 74.2 Å². The van der Waals surface area contributed by atoms with E-state index in [-0.39, 0.29) is 12.8 Å². The van der Waals surface area contributed by atoms with Crippen LogP contribution in [0.1, 0.15) is 194 Å². The van der Waals surface area contributed by atoms with Gasteiger partial charge in [0.2, 0.25) is 5.91 Å². The van der Waals surface area contributed by atoms with Crippen LogP contribution in [0.25, 0.3) is 0 Å². The summed E-state index contributed by atoms with van der Waals surface area (Å²) in [5.41, 5.74) is 0. The second-order valence-electron chi connectivity index (χ2n) is 16.8. The summed E-state index contributed by atoms with van der Waals surface area (Å²) in [4.78, 5) is 13.1. The molecule has 59 heavy (non-hydrogen) atoms. The lowest BCUT2D eigenvalue weighted by Crippen LogP contribution is -2.60. The predicted molar refractivity (Wildman–Crippen MR) is 238 cm³/mol. The van der Waals surface area contributed by atoms with Crippen LogP contribution in [0.5, 0.6) is 0 Å². The van der Waals surface area contributed by atoms with Crippen molar-refractivity contribution < 1.29 is 50.0 Å². The highest BCUT2D eigenvalue weighted by Gasteiger charge is 2.44. The van der Waals surface area contributed by atoms with Gasteiger partial charge in [-0.2, -0.15) is 0 Å². The zero-order valence-corrected chi connectivity index (χ0v) is 37.2. The summed E-state index contributed by atoms with van der Waals surface area (Å²) in [5, 5.41) is 75.6. The zero-order chi connectivity index (χ0) is 43.4. The predicted octanol–water partition coefficient (Wildman–Crippen LogP) is 8.00. The zero-order valence-electron chi connectivity index (χ0n) is 37.2. The van der Waals surface area contributed by atoms with Crippen LogP contribution in [-0.4, -0.2) is 110 Å². The van der Waals surface area contributed by atoms with Gasteiger partial charge in [0.15, 0.2) is 6.29 Å². The van der Waals surface area contributed by atoms with Crippen LogP contribution in [-0.2, 0) is 14.3 Å². The Balaban J connectivity index is 2.48. The molecule has 0 spiro atoms. The number of unbranched alkanes of at least 4 members (excludes halogenated alkanes) is 21. The Kier molecular flexibility index (Phi) is 35.7. The molecule has 1 heterocycles. The number of hydrogen-bond donors (Lipinski definition) is 8. The molecule has 0 aliphatic carbocycles. The largest absolute Gasteiger partial charge is 0.394 e. The van der Waals surface area contributed by atoms with Gasteiger partial charge in [-0.3, -0.25) is 4.79 Å². The Morgan fingerprint density at radius 1 is 0.576 bits per heavy atom. The van der Waals surface area contributed by atoms with E-state index in [0.29, 0.717) is 19.3 Å². The molecule has 0 radical (unpaired) electrons. The Labute approximate surface area is 358 Å². The number of aliphatic hydroxyl groups excluding tert-OH is 7. The van der Waals surface area contributed by atoms with Crippen LogP contribution >= 0.6 is 0 Å². The van der Waals surface area contributed by atoms with Crippen molar-refractivity contribution in [2.24, 2.45) is 0 Å². The molecule has 8 N–H and O–H groups in total. The first-order chi connectivity index (χ1) is 28.7. The van der Waals surface area contributed by atoms with E-state index >= 15 is 0 Å². The highest BCUT2D eigenvalue weighted by atomic mass is 16.7. The molecule has 1 aliphatic heterocycles. The van der Waals surface area contributed by atoms with Crippen molar-refractivity contribution in [3.05, 3.63) is 36.5 Å². The normalized spacial score (nSPS) is 22.1. The van der Waals surface area contributed by atoms with Crippen molar-refractivity contribution in [1.29, 1.82) is 0 Å². The molecule has 11 nitrogen and oxygen atoms in total. The summed E-state index contributed by atoms with van der Waals surface area (Å²) in [6.45, 7) is 3.40. The third-order valence-electron chi connectivity index (χ3n) is 11.4. The lowest BCUT2D eigenvalue weighted by molar-refractivity contribution is -0.303. The van der Waals surface area contributed by atoms with Gasteiger partial charge in [0.25, 0.3) is 0 Å². The number of amides is 1. The van der Waals surface area contributed by atoms with Crippen molar-refractivity contribution in [1.82, 2.24) is 5.32 Å². The molecule has 9 unspecified atom stereocenters. The van der Waals surface area contributed by atoms with Gasteiger partial charge in [-0.05, 0) is 64.2 Å². The summed E-state index contributed by atoms with van der Waals surface area (Å²) in [6.07, 6.45) is 31.9. The molecular formula is C48H89NO10. The summed E-state index contributed by atoms with van der Waals surface area (Å²) in [7, 11) is 0. The highest BCUT2D eigenvalue weighted by Crippen LogP contribution is 2.23. The number of ether oxygens (including phenoxy) is 2. The smallest absolute Gasteiger partial charge is 0.249 e. The van der Waals surface area contributed by atoms with Crippen LogP contribution in [0.2, 0.25) is 0 Å². The van der Waals surface area contributed by atoms with Crippen molar-refractivity contribution in [3.8, 4) is 0 Å². The van der Waals surface area contributed by atoms with Gasteiger partial charge in [-0.1, -0.05) is 166 Å². The van der Waals surface area contributed by atoms with E-state index in [4.69, 9.17) is 9.47 Å². The van der Waals surface area contributed by atoms with Crippen LogP contribution in [0, 0.1) is 0 Å². The number of allylic oxidation sites excluding steroid dienone is 6. The Morgan fingerprint density at radius 2 is 1.02 bits per heavy atom. The van der Waals surface area contributed by atoms with Crippen molar-refractivity contribution in [2.75, 3.05) is 13.2 Å². The van der Waals surface area contributed by atoms with Gasteiger partial charge in [0.1, 0.15) is 36.6 Å². The van der Waals surface area contributed by atoms with E-state index in [9.17, 15) is 40.5 Å². The van der Waals surface area contributed by atoms with Gasteiger partial charge in [-0.25, -0.2) is 0 Å². The van der Waals surface area contributed by atoms with E-state index in [1.165, 1.54) is 103 Å². The molecule has 346 valence electrons. The van der Waals surface area contributed by atoms with E-state index in [1.54, 1.807) is 0 Å². The molecule has 0 aromatic rings. The Bertz CT molecular complexity index is 1050. The fraction of sp³-hybridized carbons (Fsp3) is 0.854. The summed E-state index contributed by atoms with van der Waals surface area (Å²) in [6, 6.07) is -1.19. The molecule has 1 fully saturated rings. The Morgan fingerprint density at radius 3 is 1.51 bits per heavy atom. The standard InChI is InChI=1S/C48H89NO10/c1-3-5-7-9-11-13-15-17-18-19-20-21-22-24-25-27-29-31-33-35-40(51)43(53)39(38-58-48-46(56)45(55)44(54)42(37-50)59-48)49-47(57)41(52)36-34-32-30-28-26-23-16-14-12-10-8-6-4-2/h17-18,21-22,27,29,39-46,48,50-56H,3-16,19-20,23-26,28,30-38H2,1-2H3,(H,49,57)/b18-17+,22-21+,29-27+. The molecule has 0 aromatic carbocycles. The van der Waals surface area contributed by atoms with Gasteiger partial charge >= 0.3 is 0 Å². The van der Waals surface area contributed by atoms with Crippen LogP contribution in [0.15, 0.2) is 36.5 Å². The van der Waals surface area contributed by atoms with Crippen molar-refractivity contribution in [3.63, 3.8) is 0 Å². The van der Waals surface area contributed by atoms with Gasteiger partial charge < -0.3 is 50.5 Å². The lowest BCUT2D eigenvalue weighted by atomic mass is 9.98. The molecule has 0 saturated carbocycles. The minimum Gasteiger partial charge on any atom is -0.394 e. The van der Waals surface area contributed by atoms with Gasteiger partial charge in [0, 0.05) is 0 Å². The molecular weight excluding hydrogens is 751 g/mol. The fourth-order valence-corrected chi connectivity index (χ4v) is 7.41. The van der Waals surface area contributed by atoms with Crippen molar-refractivity contribution >= 4 is 5.91 Å². The monoisotopic (exact) mass is 840 g/mol. The number of carbonyl (C=O) groups excluding carboxylic acids is 1. The number of nitrogens with one attached hydrogen (secondary N) is 1. The quantitative estimate of drug-likeness (QED) is 0.0223. The highest BCUT2D eigenvalue weighted by molar-refractivity contribution is 5.80. The number of carbonyl (C=O) groups is 1. The van der Waals surface area contributed by atoms with E-state index in [1.807, 2.05) is 0 Å². The SMILES string of the molecule is CCCCCCCC/C=C/CC/C=C/CC/C=C/CCCC(O)C(O)C(COC1OC(CO)C(O)C(O)C1O)NC(=O)C(O)CCCCCCCCCCCCCCC. The first-order valence-electron chi connectivity index (χ1n) is 23.9. The fourth-order valence-electron chi connectivity index (χ4n) is 7.41. The Hall–Kier alpha value is -1.67. The topological polar surface area (TPSA) is 189 Å². The minimum absolute atomic E-state index is 0.242. The summed E-state index contributed by atoms with van der Waals surface area (Å²) < 4.78 is 11.1. The molecule has 1 aliphatic rings. The minimum atomic E-state index is -1.67. The average Bonchev–Trinajstić information content (AvgIpc) is 3.23. The first-order valence-corrected chi connectivity index (χ1v) is 23.9. The molecule has 1 rings (SSSR count). The summed E-state index contributed by atoms with van der Waals surface area (Å²) in [5.74, 6) is -0.713. The molecule has 0 bridgehead atoms. The van der Waals surface area contributed by atoms with Gasteiger partial charge in [-0.15, -0.1) is 0 Å². The lowest BCUT2D eigenvalue weighted by Gasteiger charge is -2.40. The second kappa shape index (κ2) is 38.0.